The zero-order chi connectivity index (χ0) is 11.5. The fourth-order valence-electron chi connectivity index (χ4n) is 1.41. The van der Waals surface area contributed by atoms with E-state index in [1.165, 1.54) is 5.56 Å². The minimum absolute atomic E-state index is 0.149. The quantitative estimate of drug-likeness (QED) is 0.749. The van der Waals surface area contributed by atoms with E-state index in [1.807, 2.05) is 13.1 Å². The van der Waals surface area contributed by atoms with Crippen molar-refractivity contribution >= 4 is 5.69 Å². The summed E-state index contributed by atoms with van der Waals surface area (Å²) in [5.74, 6) is 0.845. The van der Waals surface area contributed by atoms with E-state index < -0.39 is 0 Å². The molecular formula is C12H20N2O. The highest BCUT2D eigenvalue weighted by Crippen LogP contribution is 2.30. The van der Waals surface area contributed by atoms with Crippen LogP contribution in [-0.2, 0) is 5.41 Å². The molecule has 3 nitrogen and oxygen atoms in total. The van der Waals surface area contributed by atoms with Crippen LogP contribution in [0.3, 0.4) is 0 Å². The third kappa shape index (κ3) is 2.86. The number of ether oxygens (including phenoxy) is 1. The highest BCUT2D eigenvalue weighted by molar-refractivity contribution is 5.58. The Kier molecular flexibility index (Phi) is 3.58. The third-order valence-corrected chi connectivity index (χ3v) is 2.33. The molecule has 0 fully saturated rings. The lowest BCUT2D eigenvalue weighted by molar-refractivity contribution is 0.415. The molecule has 0 aliphatic heterocycles. The standard InChI is InChI=1S/C12H20N2O/c1-12(2,3)9-6-7-11(15-5)10(8-9)14-13-4/h6-8,13-14H,1-5H3. The van der Waals surface area contributed by atoms with Crippen LogP contribution in [0.4, 0.5) is 5.69 Å². The Morgan fingerprint density at radius 3 is 2.33 bits per heavy atom. The number of methoxy groups -OCH3 is 1. The van der Waals surface area contributed by atoms with Gasteiger partial charge in [0.05, 0.1) is 12.8 Å². The van der Waals surface area contributed by atoms with Crippen LogP contribution in [0.25, 0.3) is 0 Å². The van der Waals surface area contributed by atoms with Crippen molar-refractivity contribution in [2.45, 2.75) is 26.2 Å². The van der Waals surface area contributed by atoms with Gasteiger partial charge in [-0.25, -0.2) is 5.43 Å². The highest BCUT2D eigenvalue weighted by Gasteiger charge is 2.15. The monoisotopic (exact) mass is 208 g/mol. The summed E-state index contributed by atoms with van der Waals surface area (Å²) in [6.45, 7) is 6.58. The molecule has 0 aliphatic rings. The van der Waals surface area contributed by atoms with E-state index in [2.05, 4.69) is 43.8 Å². The molecule has 84 valence electrons. The molecule has 0 unspecified atom stereocenters. The number of hydrogen-bond donors (Lipinski definition) is 2. The molecule has 0 saturated heterocycles. The van der Waals surface area contributed by atoms with Gasteiger partial charge >= 0.3 is 0 Å². The lowest BCUT2D eigenvalue weighted by Crippen LogP contribution is -2.17. The molecule has 1 rings (SSSR count). The number of nitrogens with one attached hydrogen (secondary N) is 2. The van der Waals surface area contributed by atoms with E-state index in [-0.39, 0.29) is 5.41 Å². The Morgan fingerprint density at radius 1 is 1.20 bits per heavy atom. The summed E-state index contributed by atoms with van der Waals surface area (Å²) in [5, 5.41) is 0. The molecule has 0 heterocycles. The van der Waals surface area contributed by atoms with Crippen LogP contribution in [0, 0.1) is 0 Å². The molecule has 1 aromatic carbocycles. The van der Waals surface area contributed by atoms with Crippen LogP contribution < -0.4 is 15.6 Å². The van der Waals surface area contributed by atoms with E-state index in [9.17, 15) is 0 Å². The summed E-state index contributed by atoms with van der Waals surface area (Å²) in [4.78, 5) is 0. The average molecular weight is 208 g/mol. The van der Waals surface area contributed by atoms with Crippen molar-refractivity contribution in [3.8, 4) is 5.75 Å². The van der Waals surface area contributed by atoms with Gasteiger partial charge in [0.1, 0.15) is 5.75 Å². The topological polar surface area (TPSA) is 33.3 Å². The number of hydrazine groups is 1. The smallest absolute Gasteiger partial charge is 0.143 e. The number of anilines is 1. The van der Waals surface area contributed by atoms with Crippen molar-refractivity contribution < 1.29 is 4.74 Å². The fraction of sp³-hybridized carbons (Fsp3) is 0.500. The molecular weight excluding hydrogens is 188 g/mol. The van der Waals surface area contributed by atoms with Gasteiger partial charge < -0.3 is 10.2 Å². The maximum Gasteiger partial charge on any atom is 0.143 e. The van der Waals surface area contributed by atoms with Gasteiger partial charge in [-0.1, -0.05) is 26.8 Å². The first-order valence-electron chi connectivity index (χ1n) is 5.10. The predicted molar refractivity (Wildman–Crippen MR) is 64.4 cm³/mol. The van der Waals surface area contributed by atoms with Gasteiger partial charge in [0.2, 0.25) is 0 Å². The molecule has 0 radical (unpaired) electrons. The molecule has 0 bridgehead atoms. The molecule has 15 heavy (non-hydrogen) atoms. The van der Waals surface area contributed by atoms with Crippen LogP contribution in [0.2, 0.25) is 0 Å². The zero-order valence-corrected chi connectivity index (χ0v) is 10.1. The second-order valence-electron chi connectivity index (χ2n) is 4.54. The molecule has 1 aromatic rings. The van der Waals surface area contributed by atoms with Gasteiger partial charge in [-0.05, 0) is 23.1 Å². The van der Waals surface area contributed by atoms with Crippen molar-refractivity contribution in [1.82, 2.24) is 5.43 Å². The maximum absolute atomic E-state index is 5.26. The first kappa shape index (κ1) is 11.9. The van der Waals surface area contributed by atoms with Crippen LogP contribution >= 0.6 is 0 Å². The lowest BCUT2D eigenvalue weighted by Gasteiger charge is -2.21. The third-order valence-electron chi connectivity index (χ3n) is 2.33. The Labute approximate surface area is 91.8 Å². The summed E-state index contributed by atoms with van der Waals surface area (Å²) < 4.78 is 5.26. The van der Waals surface area contributed by atoms with Crippen LogP contribution in [0.15, 0.2) is 18.2 Å². The molecule has 0 atom stereocenters. The number of benzene rings is 1. The van der Waals surface area contributed by atoms with E-state index in [1.54, 1.807) is 7.11 Å². The average Bonchev–Trinajstić information content (AvgIpc) is 2.17. The second-order valence-corrected chi connectivity index (χ2v) is 4.54. The first-order chi connectivity index (χ1) is 6.99. The second kappa shape index (κ2) is 4.53. The molecule has 2 N–H and O–H groups in total. The largest absolute Gasteiger partial charge is 0.495 e. The van der Waals surface area contributed by atoms with Crippen molar-refractivity contribution in [3.63, 3.8) is 0 Å². The van der Waals surface area contributed by atoms with E-state index in [0.717, 1.165) is 11.4 Å². The molecule has 0 amide bonds. The van der Waals surface area contributed by atoms with Gasteiger partial charge in [-0.3, -0.25) is 0 Å². The summed E-state index contributed by atoms with van der Waals surface area (Å²) in [6.07, 6.45) is 0. The summed E-state index contributed by atoms with van der Waals surface area (Å²) in [5.41, 5.74) is 8.37. The van der Waals surface area contributed by atoms with Gasteiger partial charge in [-0.2, -0.15) is 0 Å². The normalized spacial score (nSPS) is 11.3. The van der Waals surface area contributed by atoms with Crippen LogP contribution in [0.1, 0.15) is 26.3 Å². The summed E-state index contributed by atoms with van der Waals surface area (Å²) in [7, 11) is 3.51. The maximum atomic E-state index is 5.26. The number of hydrogen-bond acceptors (Lipinski definition) is 3. The Bertz CT molecular complexity index is 329. The van der Waals surface area contributed by atoms with Crippen LogP contribution in [0.5, 0.6) is 5.75 Å². The van der Waals surface area contributed by atoms with Gasteiger partial charge in [-0.15, -0.1) is 0 Å². The Hall–Kier alpha value is -1.22. The molecule has 3 heteroatoms. The van der Waals surface area contributed by atoms with E-state index in [0.29, 0.717) is 0 Å². The predicted octanol–water partition coefficient (Wildman–Crippen LogP) is 2.54. The van der Waals surface area contributed by atoms with Crippen molar-refractivity contribution in [1.29, 1.82) is 0 Å². The van der Waals surface area contributed by atoms with E-state index in [4.69, 9.17) is 4.74 Å². The van der Waals surface area contributed by atoms with Gasteiger partial charge in [0.15, 0.2) is 0 Å². The number of rotatable bonds is 3. The Balaban J connectivity index is 3.10. The molecule has 0 saturated carbocycles. The van der Waals surface area contributed by atoms with Crippen molar-refractivity contribution in [2.24, 2.45) is 0 Å². The van der Waals surface area contributed by atoms with Crippen molar-refractivity contribution in [3.05, 3.63) is 23.8 Å². The minimum atomic E-state index is 0.149. The zero-order valence-electron chi connectivity index (χ0n) is 10.1. The molecule has 0 aliphatic carbocycles. The van der Waals surface area contributed by atoms with Gasteiger partial charge in [0.25, 0.3) is 0 Å². The lowest BCUT2D eigenvalue weighted by atomic mass is 9.87. The van der Waals surface area contributed by atoms with Crippen LogP contribution in [-0.4, -0.2) is 14.2 Å². The molecule has 0 spiro atoms. The molecule has 0 aromatic heterocycles. The summed E-state index contributed by atoms with van der Waals surface area (Å²) in [6, 6.07) is 6.19. The first-order valence-corrected chi connectivity index (χ1v) is 5.10. The van der Waals surface area contributed by atoms with E-state index >= 15 is 0 Å². The Morgan fingerprint density at radius 2 is 1.87 bits per heavy atom. The minimum Gasteiger partial charge on any atom is -0.495 e. The highest BCUT2D eigenvalue weighted by atomic mass is 16.5. The summed E-state index contributed by atoms with van der Waals surface area (Å²) >= 11 is 0. The van der Waals surface area contributed by atoms with Crippen molar-refractivity contribution in [2.75, 3.05) is 19.6 Å². The fourth-order valence-corrected chi connectivity index (χ4v) is 1.41. The SMILES string of the molecule is CNNc1cc(C(C)(C)C)ccc1OC. The van der Waals surface area contributed by atoms with Gasteiger partial charge in [0, 0.05) is 7.05 Å².